The highest BCUT2D eigenvalue weighted by Crippen LogP contribution is 2.19. The molecule has 0 spiro atoms. The summed E-state index contributed by atoms with van der Waals surface area (Å²) in [6.07, 6.45) is 1.76. The first-order chi connectivity index (χ1) is 11.8. The van der Waals surface area contributed by atoms with Crippen LogP contribution in [-0.2, 0) is 7.05 Å². The molecule has 0 fully saturated rings. The largest absolute Gasteiger partial charge is 0.336 e. The Bertz CT molecular complexity index is 728. The lowest BCUT2D eigenvalue weighted by Crippen LogP contribution is -2.41. The second kappa shape index (κ2) is 8.11. The maximum atomic E-state index is 13.5. The van der Waals surface area contributed by atoms with E-state index >= 15 is 0 Å². The van der Waals surface area contributed by atoms with E-state index < -0.39 is 0 Å². The topological polar surface area (TPSA) is 62.2 Å². The van der Waals surface area contributed by atoms with E-state index in [0.29, 0.717) is 6.54 Å². The molecular weight excluding hydrogens is 321 g/mol. The monoisotopic (exact) mass is 347 g/mol. The number of aryl methyl sites for hydroxylation is 1. The molecular formula is C18H26FN5O. The second-order valence-corrected chi connectivity index (χ2v) is 6.42. The molecule has 0 aliphatic carbocycles. The summed E-state index contributed by atoms with van der Waals surface area (Å²) in [5, 5.41) is 9.97. The Hall–Kier alpha value is -2.41. The van der Waals surface area contributed by atoms with Crippen LogP contribution in [0.25, 0.3) is 0 Å². The molecule has 0 aliphatic rings. The fraction of sp³-hybridized carbons (Fsp3) is 0.444. The summed E-state index contributed by atoms with van der Waals surface area (Å²) in [5.41, 5.74) is 2.81. The SMILES string of the molecule is Cc1c([C@@H](C)NC(=O)NC[C@@H](c2cccc(F)c2)N(C)C)cnn1C. The molecule has 2 atom stereocenters. The normalized spacial score (nSPS) is 13.6. The smallest absolute Gasteiger partial charge is 0.315 e. The lowest BCUT2D eigenvalue weighted by atomic mass is 10.1. The zero-order chi connectivity index (χ0) is 18.6. The number of hydrogen-bond donors (Lipinski definition) is 2. The molecule has 2 amide bonds. The van der Waals surface area contributed by atoms with Crippen molar-refractivity contribution in [3.8, 4) is 0 Å². The van der Waals surface area contributed by atoms with E-state index in [1.165, 1.54) is 12.1 Å². The number of nitrogens with zero attached hydrogens (tertiary/aromatic N) is 3. The van der Waals surface area contributed by atoms with Crippen LogP contribution in [0, 0.1) is 12.7 Å². The van der Waals surface area contributed by atoms with E-state index in [1.807, 2.05) is 46.0 Å². The highest BCUT2D eigenvalue weighted by molar-refractivity contribution is 5.74. The Balaban J connectivity index is 1.96. The van der Waals surface area contributed by atoms with Gasteiger partial charge in [-0.3, -0.25) is 4.68 Å². The van der Waals surface area contributed by atoms with Gasteiger partial charge in [0.15, 0.2) is 0 Å². The van der Waals surface area contributed by atoms with Crippen molar-refractivity contribution in [3.05, 3.63) is 53.1 Å². The molecule has 2 N–H and O–H groups in total. The van der Waals surface area contributed by atoms with Crippen molar-refractivity contribution in [1.82, 2.24) is 25.3 Å². The molecule has 0 saturated heterocycles. The Morgan fingerprint density at radius 1 is 1.40 bits per heavy atom. The van der Waals surface area contributed by atoms with Crippen LogP contribution in [-0.4, -0.2) is 41.4 Å². The van der Waals surface area contributed by atoms with Gasteiger partial charge in [-0.05, 0) is 45.6 Å². The number of aromatic nitrogens is 2. The van der Waals surface area contributed by atoms with Gasteiger partial charge in [-0.15, -0.1) is 0 Å². The number of carbonyl (C=O) groups is 1. The zero-order valence-corrected chi connectivity index (χ0v) is 15.4. The average Bonchev–Trinajstić information content (AvgIpc) is 2.87. The first-order valence-electron chi connectivity index (χ1n) is 8.24. The first-order valence-corrected chi connectivity index (χ1v) is 8.24. The van der Waals surface area contributed by atoms with Gasteiger partial charge in [0.25, 0.3) is 0 Å². The Kier molecular flexibility index (Phi) is 6.14. The van der Waals surface area contributed by atoms with Crippen LogP contribution in [0.1, 0.15) is 35.8 Å². The third-order valence-electron chi connectivity index (χ3n) is 4.40. The van der Waals surface area contributed by atoms with E-state index in [-0.39, 0.29) is 23.9 Å². The van der Waals surface area contributed by atoms with Gasteiger partial charge in [0.1, 0.15) is 5.82 Å². The molecule has 0 saturated carbocycles. The number of urea groups is 1. The van der Waals surface area contributed by atoms with Crippen LogP contribution in [0.4, 0.5) is 9.18 Å². The number of amides is 2. The first kappa shape index (κ1) is 18.9. The van der Waals surface area contributed by atoms with Crippen LogP contribution in [0.3, 0.4) is 0 Å². The molecule has 0 unspecified atom stereocenters. The van der Waals surface area contributed by atoms with Crippen LogP contribution < -0.4 is 10.6 Å². The van der Waals surface area contributed by atoms with Crippen molar-refractivity contribution in [2.24, 2.45) is 7.05 Å². The van der Waals surface area contributed by atoms with E-state index in [0.717, 1.165) is 16.8 Å². The number of likely N-dealkylation sites (N-methyl/N-ethyl adjacent to an activating group) is 1. The summed E-state index contributed by atoms with van der Waals surface area (Å²) in [6, 6.07) is 5.90. The molecule has 0 bridgehead atoms. The van der Waals surface area contributed by atoms with Crippen molar-refractivity contribution in [2.75, 3.05) is 20.6 Å². The maximum Gasteiger partial charge on any atom is 0.315 e. The number of hydrogen-bond acceptors (Lipinski definition) is 3. The van der Waals surface area contributed by atoms with Gasteiger partial charge < -0.3 is 15.5 Å². The van der Waals surface area contributed by atoms with Gasteiger partial charge in [0, 0.05) is 24.8 Å². The summed E-state index contributed by atoms with van der Waals surface area (Å²) in [7, 11) is 5.67. The fourth-order valence-electron chi connectivity index (χ4n) is 2.77. The number of carbonyl (C=O) groups excluding carboxylic acids is 1. The minimum atomic E-state index is -0.283. The van der Waals surface area contributed by atoms with Crippen LogP contribution in [0.2, 0.25) is 0 Å². The van der Waals surface area contributed by atoms with E-state index in [1.54, 1.807) is 16.9 Å². The summed E-state index contributed by atoms with van der Waals surface area (Å²) in [6.45, 7) is 4.26. The minimum absolute atomic E-state index is 0.114. The highest BCUT2D eigenvalue weighted by Gasteiger charge is 2.18. The van der Waals surface area contributed by atoms with E-state index in [9.17, 15) is 9.18 Å². The third kappa shape index (κ3) is 4.79. The average molecular weight is 347 g/mol. The number of rotatable bonds is 6. The van der Waals surface area contributed by atoms with Gasteiger partial charge in [-0.25, -0.2) is 9.18 Å². The van der Waals surface area contributed by atoms with Crippen LogP contribution >= 0.6 is 0 Å². The number of nitrogens with one attached hydrogen (secondary N) is 2. The maximum absolute atomic E-state index is 13.5. The molecule has 7 heteroatoms. The van der Waals surface area contributed by atoms with Gasteiger partial charge in [0.2, 0.25) is 0 Å². The number of benzene rings is 1. The molecule has 136 valence electrons. The quantitative estimate of drug-likeness (QED) is 0.844. The molecule has 2 rings (SSSR count). The molecule has 1 aromatic carbocycles. The van der Waals surface area contributed by atoms with Crippen molar-refractivity contribution in [3.63, 3.8) is 0 Å². The lowest BCUT2D eigenvalue weighted by molar-refractivity contribution is 0.230. The van der Waals surface area contributed by atoms with Gasteiger partial charge >= 0.3 is 6.03 Å². The fourth-order valence-corrected chi connectivity index (χ4v) is 2.77. The standard InChI is InChI=1S/C18H26FN5O/c1-12(16-10-21-24(5)13(16)2)22-18(25)20-11-17(23(3)4)14-7-6-8-15(19)9-14/h6-10,12,17H,11H2,1-5H3,(H2,20,22,25)/t12-,17+/m1/s1. The molecule has 1 aromatic heterocycles. The minimum Gasteiger partial charge on any atom is -0.336 e. The molecule has 25 heavy (non-hydrogen) atoms. The number of halogens is 1. The zero-order valence-electron chi connectivity index (χ0n) is 15.4. The Labute approximate surface area is 148 Å². The van der Waals surface area contributed by atoms with Gasteiger partial charge in [0.05, 0.1) is 18.3 Å². The van der Waals surface area contributed by atoms with E-state index in [4.69, 9.17) is 0 Å². The predicted molar refractivity (Wildman–Crippen MR) is 95.7 cm³/mol. The molecule has 6 nitrogen and oxygen atoms in total. The van der Waals surface area contributed by atoms with Crippen molar-refractivity contribution >= 4 is 6.03 Å². The van der Waals surface area contributed by atoms with E-state index in [2.05, 4.69) is 15.7 Å². The second-order valence-electron chi connectivity index (χ2n) is 6.42. The summed E-state index contributed by atoms with van der Waals surface area (Å²) >= 11 is 0. The Morgan fingerprint density at radius 3 is 2.68 bits per heavy atom. The van der Waals surface area contributed by atoms with Crippen molar-refractivity contribution < 1.29 is 9.18 Å². The summed E-state index contributed by atoms with van der Waals surface area (Å²) in [5.74, 6) is -0.283. The Morgan fingerprint density at radius 2 is 2.12 bits per heavy atom. The van der Waals surface area contributed by atoms with Crippen molar-refractivity contribution in [1.29, 1.82) is 0 Å². The molecule has 2 aromatic rings. The van der Waals surface area contributed by atoms with Crippen LogP contribution in [0.5, 0.6) is 0 Å². The molecule has 0 aliphatic heterocycles. The van der Waals surface area contributed by atoms with Crippen molar-refractivity contribution in [2.45, 2.75) is 25.9 Å². The van der Waals surface area contributed by atoms with Gasteiger partial charge in [-0.1, -0.05) is 12.1 Å². The molecule has 0 radical (unpaired) electrons. The molecule has 1 heterocycles. The summed E-state index contributed by atoms with van der Waals surface area (Å²) in [4.78, 5) is 14.2. The van der Waals surface area contributed by atoms with Gasteiger partial charge in [-0.2, -0.15) is 5.10 Å². The predicted octanol–water partition coefficient (Wildman–Crippen LogP) is 2.53. The highest BCUT2D eigenvalue weighted by atomic mass is 19.1. The van der Waals surface area contributed by atoms with Crippen LogP contribution in [0.15, 0.2) is 30.5 Å². The summed E-state index contributed by atoms with van der Waals surface area (Å²) < 4.78 is 15.2. The lowest BCUT2D eigenvalue weighted by Gasteiger charge is -2.25. The third-order valence-corrected chi connectivity index (χ3v) is 4.40.